The van der Waals surface area contributed by atoms with Gasteiger partial charge in [-0.1, -0.05) is 24.3 Å². The molecule has 1 aromatic heterocycles. The van der Waals surface area contributed by atoms with Crippen LogP contribution >= 0.6 is 0 Å². The highest BCUT2D eigenvalue weighted by atomic mass is 16.5. The number of furan rings is 1. The topological polar surface area (TPSA) is 62.9 Å². The minimum Gasteiger partial charge on any atom is -0.482 e. The van der Waals surface area contributed by atoms with Gasteiger partial charge in [0.1, 0.15) is 11.5 Å². The Labute approximate surface area is 129 Å². The van der Waals surface area contributed by atoms with Crippen LogP contribution in [0.4, 0.5) is 0 Å². The fraction of sp³-hybridized carbons (Fsp3) is 0.235. The van der Waals surface area contributed by atoms with Gasteiger partial charge in [0.2, 0.25) is 0 Å². The molecule has 116 valence electrons. The summed E-state index contributed by atoms with van der Waals surface area (Å²) < 4.78 is 10.7. The number of benzene rings is 1. The third-order valence-electron chi connectivity index (χ3n) is 3.06. The predicted molar refractivity (Wildman–Crippen MR) is 82.6 cm³/mol. The summed E-state index contributed by atoms with van der Waals surface area (Å²) in [5.74, 6) is 0.456. The standard InChI is InChI=1S/C17H19NO4/c1-2-9-18(12-15-7-5-10-21-15)11-14-6-3-4-8-16(14)22-13-17(19)20/h2-8,10H,1,9,11-13H2,(H,19,20). The van der Waals surface area contributed by atoms with E-state index in [0.717, 1.165) is 11.3 Å². The molecule has 0 aliphatic carbocycles. The van der Waals surface area contributed by atoms with E-state index in [4.69, 9.17) is 14.3 Å². The van der Waals surface area contributed by atoms with Crippen molar-refractivity contribution < 1.29 is 19.1 Å². The maximum Gasteiger partial charge on any atom is 0.341 e. The van der Waals surface area contributed by atoms with Gasteiger partial charge < -0.3 is 14.3 Å². The van der Waals surface area contributed by atoms with E-state index in [9.17, 15) is 4.79 Å². The van der Waals surface area contributed by atoms with Gasteiger partial charge in [-0.05, 0) is 18.2 Å². The second-order valence-corrected chi connectivity index (χ2v) is 4.83. The molecule has 0 saturated heterocycles. The van der Waals surface area contributed by atoms with Gasteiger partial charge in [0.05, 0.1) is 12.8 Å². The lowest BCUT2D eigenvalue weighted by Crippen LogP contribution is -2.23. The van der Waals surface area contributed by atoms with Crippen LogP contribution < -0.4 is 4.74 Å². The van der Waals surface area contributed by atoms with Gasteiger partial charge in [-0.3, -0.25) is 4.90 Å². The fourth-order valence-electron chi connectivity index (χ4n) is 2.15. The summed E-state index contributed by atoms with van der Waals surface area (Å²) in [4.78, 5) is 12.8. The smallest absolute Gasteiger partial charge is 0.341 e. The number of ether oxygens (including phenoxy) is 1. The van der Waals surface area contributed by atoms with Gasteiger partial charge in [-0.25, -0.2) is 4.79 Å². The summed E-state index contributed by atoms with van der Waals surface area (Å²) in [6.45, 7) is 5.37. The molecule has 1 aromatic carbocycles. The zero-order valence-electron chi connectivity index (χ0n) is 12.3. The number of aliphatic carboxylic acids is 1. The van der Waals surface area contributed by atoms with Crippen molar-refractivity contribution in [2.75, 3.05) is 13.2 Å². The lowest BCUT2D eigenvalue weighted by Gasteiger charge is -2.21. The van der Waals surface area contributed by atoms with Crippen molar-refractivity contribution in [3.05, 3.63) is 66.6 Å². The molecule has 1 heterocycles. The molecule has 22 heavy (non-hydrogen) atoms. The Balaban J connectivity index is 2.08. The minimum absolute atomic E-state index is 0.351. The maximum absolute atomic E-state index is 10.7. The first-order valence-corrected chi connectivity index (χ1v) is 6.97. The highest BCUT2D eigenvalue weighted by Crippen LogP contribution is 2.21. The van der Waals surface area contributed by atoms with Crippen molar-refractivity contribution in [2.45, 2.75) is 13.1 Å². The molecule has 0 atom stereocenters. The molecule has 1 N–H and O–H groups in total. The Kier molecular flexibility index (Phi) is 5.80. The molecule has 0 spiro atoms. The van der Waals surface area contributed by atoms with Crippen LogP contribution in [-0.2, 0) is 17.9 Å². The molecule has 0 fully saturated rings. The Bertz CT molecular complexity index is 607. The highest BCUT2D eigenvalue weighted by Gasteiger charge is 2.11. The van der Waals surface area contributed by atoms with Gasteiger partial charge >= 0.3 is 5.97 Å². The first-order chi connectivity index (χ1) is 10.7. The van der Waals surface area contributed by atoms with Crippen molar-refractivity contribution >= 4 is 5.97 Å². The Morgan fingerprint density at radius 1 is 1.27 bits per heavy atom. The number of carboxylic acid groups (broad SMARTS) is 1. The van der Waals surface area contributed by atoms with Crippen LogP contribution in [-0.4, -0.2) is 29.1 Å². The van der Waals surface area contributed by atoms with Crippen LogP contribution in [0.2, 0.25) is 0 Å². The normalized spacial score (nSPS) is 10.6. The Morgan fingerprint density at radius 3 is 2.77 bits per heavy atom. The van der Waals surface area contributed by atoms with Gasteiger partial charge in [0, 0.05) is 18.7 Å². The van der Waals surface area contributed by atoms with Crippen molar-refractivity contribution in [2.24, 2.45) is 0 Å². The van der Waals surface area contributed by atoms with Crippen LogP contribution in [0.25, 0.3) is 0 Å². The van der Waals surface area contributed by atoms with E-state index in [0.29, 0.717) is 25.4 Å². The average Bonchev–Trinajstić information content (AvgIpc) is 2.99. The third-order valence-corrected chi connectivity index (χ3v) is 3.06. The minimum atomic E-state index is -0.992. The molecule has 0 saturated carbocycles. The van der Waals surface area contributed by atoms with Crippen LogP contribution in [0, 0.1) is 0 Å². The number of carboxylic acids is 1. The zero-order valence-corrected chi connectivity index (χ0v) is 12.3. The lowest BCUT2D eigenvalue weighted by molar-refractivity contribution is -0.139. The lowest BCUT2D eigenvalue weighted by atomic mass is 10.2. The Hall–Kier alpha value is -2.53. The molecule has 2 rings (SSSR count). The number of hydrogen-bond donors (Lipinski definition) is 1. The molecular weight excluding hydrogens is 282 g/mol. The molecule has 0 aliphatic heterocycles. The highest BCUT2D eigenvalue weighted by molar-refractivity contribution is 5.68. The average molecular weight is 301 g/mol. The van der Waals surface area contributed by atoms with Crippen LogP contribution in [0.3, 0.4) is 0 Å². The molecule has 2 aromatic rings. The maximum atomic E-state index is 10.7. The Morgan fingerprint density at radius 2 is 2.09 bits per heavy atom. The number of para-hydroxylation sites is 1. The van der Waals surface area contributed by atoms with Gasteiger partial charge in [-0.15, -0.1) is 6.58 Å². The summed E-state index contributed by atoms with van der Waals surface area (Å²) >= 11 is 0. The quantitative estimate of drug-likeness (QED) is 0.721. The van der Waals surface area contributed by atoms with Crippen LogP contribution in [0.15, 0.2) is 59.7 Å². The van der Waals surface area contributed by atoms with E-state index in [2.05, 4.69) is 11.5 Å². The van der Waals surface area contributed by atoms with E-state index >= 15 is 0 Å². The first-order valence-electron chi connectivity index (χ1n) is 6.97. The van der Waals surface area contributed by atoms with Gasteiger partial charge in [0.15, 0.2) is 6.61 Å². The van der Waals surface area contributed by atoms with Crippen molar-refractivity contribution in [1.82, 2.24) is 4.90 Å². The van der Waals surface area contributed by atoms with Crippen molar-refractivity contribution in [3.8, 4) is 5.75 Å². The summed E-state index contributed by atoms with van der Waals surface area (Å²) in [7, 11) is 0. The zero-order chi connectivity index (χ0) is 15.8. The van der Waals surface area contributed by atoms with Gasteiger partial charge in [-0.2, -0.15) is 0 Å². The molecule has 5 heteroatoms. The monoisotopic (exact) mass is 301 g/mol. The van der Waals surface area contributed by atoms with Gasteiger partial charge in [0.25, 0.3) is 0 Å². The van der Waals surface area contributed by atoms with Crippen LogP contribution in [0.5, 0.6) is 5.75 Å². The van der Waals surface area contributed by atoms with Crippen molar-refractivity contribution in [3.63, 3.8) is 0 Å². The molecule has 0 aliphatic rings. The number of hydrogen-bond acceptors (Lipinski definition) is 4. The summed E-state index contributed by atoms with van der Waals surface area (Å²) in [5.41, 5.74) is 0.928. The molecule has 0 radical (unpaired) electrons. The number of nitrogens with zero attached hydrogens (tertiary/aromatic N) is 1. The predicted octanol–water partition coefficient (Wildman–Crippen LogP) is 2.93. The SMILES string of the molecule is C=CCN(Cc1ccco1)Cc1ccccc1OCC(=O)O. The number of carbonyl (C=O) groups is 1. The second-order valence-electron chi connectivity index (χ2n) is 4.83. The van der Waals surface area contributed by atoms with E-state index in [1.807, 2.05) is 36.4 Å². The van der Waals surface area contributed by atoms with E-state index in [-0.39, 0.29) is 6.61 Å². The van der Waals surface area contributed by atoms with Crippen LogP contribution in [0.1, 0.15) is 11.3 Å². The molecule has 0 amide bonds. The number of rotatable bonds is 9. The van der Waals surface area contributed by atoms with E-state index in [1.165, 1.54) is 0 Å². The first kappa shape index (κ1) is 15.9. The molecule has 5 nitrogen and oxygen atoms in total. The summed E-state index contributed by atoms with van der Waals surface area (Å²) in [6, 6.07) is 11.2. The molecule has 0 bridgehead atoms. The fourth-order valence-corrected chi connectivity index (χ4v) is 2.15. The molecular formula is C17H19NO4. The third kappa shape index (κ3) is 4.79. The summed E-state index contributed by atoms with van der Waals surface area (Å²) in [5, 5.41) is 8.74. The van der Waals surface area contributed by atoms with Crippen molar-refractivity contribution in [1.29, 1.82) is 0 Å². The second kappa shape index (κ2) is 8.05. The van der Waals surface area contributed by atoms with E-state index < -0.39 is 5.97 Å². The summed E-state index contributed by atoms with van der Waals surface area (Å²) in [6.07, 6.45) is 3.47. The largest absolute Gasteiger partial charge is 0.482 e. The molecule has 0 unspecified atom stereocenters. The van der Waals surface area contributed by atoms with E-state index in [1.54, 1.807) is 12.3 Å².